The summed E-state index contributed by atoms with van der Waals surface area (Å²) < 4.78 is 19.0. The van der Waals surface area contributed by atoms with Gasteiger partial charge in [-0.1, -0.05) is 18.2 Å². The van der Waals surface area contributed by atoms with E-state index >= 15 is 0 Å². The number of aryl methyl sites for hydroxylation is 2. The molecule has 0 heterocycles. The quantitative estimate of drug-likeness (QED) is 0.904. The molecule has 0 fully saturated rings. The molecular weight excluding hydrogens is 253 g/mol. The van der Waals surface area contributed by atoms with Crippen molar-refractivity contribution >= 4 is 0 Å². The van der Waals surface area contributed by atoms with Gasteiger partial charge in [0.05, 0.1) is 0 Å². The van der Waals surface area contributed by atoms with E-state index in [1.165, 1.54) is 23.3 Å². The molecule has 0 atom stereocenters. The van der Waals surface area contributed by atoms with Crippen molar-refractivity contribution in [3.8, 4) is 5.75 Å². The lowest BCUT2D eigenvalue weighted by Crippen LogP contribution is -2.06. The van der Waals surface area contributed by atoms with Crippen LogP contribution in [0.4, 0.5) is 4.39 Å². The molecule has 2 N–H and O–H groups in total. The lowest BCUT2D eigenvalue weighted by Gasteiger charge is -2.12. The molecule has 0 saturated heterocycles. The minimum Gasteiger partial charge on any atom is -0.489 e. The van der Waals surface area contributed by atoms with Crippen molar-refractivity contribution in [1.82, 2.24) is 0 Å². The topological polar surface area (TPSA) is 35.2 Å². The van der Waals surface area contributed by atoms with Crippen LogP contribution in [0.25, 0.3) is 0 Å². The molecule has 0 unspecified atom stereocenters. The Kier molecular flexibility index (Phi) is 4.74. The fourth-order valence-electron chi connectivity index (χ4n) is 2.09. The highest BCUT2D eigenvalue weighted by molar-refractivity contribution is 5.35. The molecule has 20 heavy (non-hydrogen) atoms. The summed E-state index contributed by atoms with van der Waals surface area (Å²) in [6.07, 6.45) is 0.611. The molecule has 0 bridgehead atoms. The predicted octanol–water partition coefficient (Wildman–Crippen LogP) is 3.52. The van der Waals surface area contributed by atoms with Crippen LogP contribution >= 0.6 is 0 Å². The summed E-state index contributed by atoms with van der Waals surface area (Å²) >= 11 is 0. The Morgan fingerprint density at radius 2 is 1.85 bits per heavy atom. The summed E-state index contributed by atoms with van der Waals surface area (Å²) in [6.45, 7) is 5.11. The normalized spacial score (nSPS) is 10.6. The maximum absolute atomic E-state index is 13.2. The first kappa shape index (κ1) is 14.5. The van der Waals surface area contributed by atoms with Crippen LogP contribution in [0.1, 0.15) is 22.3 Å². The van der Waals surface area contributed by atoms with Crippen LogP contribution < -0.4 is 10.5 Å². The van der Waals surface area contributed by atoms with Crippen LogP contribution in [-0.2, 0) is 13.0 Å². The maximum atomic E-state index is 13.2. The largest absolute Gasteiger partial charge is 0.489 e. The van der Waals surface area contributed by atoms with Gasteiger partial charge in [-0.25, -0.2) is 4.39 Å². The molecule has 2 rings (SSSR count). The molecule has 0 aliphatic carbocycles. The van der Waals surface area contributed by atoms with E-state index < -0.39 is 0 Å². The first-order chi connectivity index (χ1) is 9.60. The van der Waals surface area contributed by atoms with Gasteiger partial charge in [-0.2, -0.15) is 0 Å². The van der Waals surface area contributed by atoms with Crippen molar-refractivity contribution in [2.45, 2.75) is 26.9 Å². The summed E-state index contributed by atoms with van der Waals surface area (Å²) in [7, 11) is 0. The molecule has 2 aromatic rings. The standard InChI is InChI=1S/C17H20FNO/c1-12-3-4-14(9-13(12)2)11-20-17-6-5-16(18)10-15(17)7-8-19/h3-6,9-10H,7-8,11,19H2,1-2H3. The fraction of sp³-hybridized carbons (Fsp3) is 0.294. The number of hydrogen-bond acceptors (Lipinski definition) is 2. The molecule has 0 aliphatic heterocycles. The van der Waals surface area contributed by atoms with Gasteiger partial charge in [0.25, 0.3) is 0 Å². The van der Waals surface area contributed by atoms with Gasteiger partial charge in [0.15, 0.2) is 0 Å². The zero-order valence-corrected chi connectivity index (χ0v) is 11.9. The Balaban J connectivity index is 2.11. The minimum atomic E-state index is -0.257. The van der Waals surface area contributed by atoms with E-state index in [1.807, 2.05) is 0 Å². The Labute approximate surface area is 119 Å². The number of benzene rings is 2. The van der Waals surface area contributed by atoms with Crippen LogP contribution in [-0.4, -0.2) is 6.54 Å². The molecule has 0 saturated carbocycles. The number of halogens is 1. The molecule has 2 nitrogen and oxygen atoms in total. The van der Waals surface area contributed by atoms with E-state index in [2.05, 4.69) is 32.0 Å². The van der Waals surface area contributed by atoms with Crippen LogP contribution in [0, 0.1) is 19.7 Å². The van der Waals surface area contributed by atoms with Crippen molar-refractivity contribution in [2.75, 3.05) is 6.54 Å². The molecule has 106 valence electrons. The zero-order valence-electron chi connectivity index (χ0n) is 11.9. The molecule has 0 amide bonds. The Hall–Kier alpha value is -1.87. The summed E-state index contributed by atoms with van der Waals surface area (Å²) in [5.74, 6) is 0.446. The Morgan fingerprint density at radius 3 is 2.55 bits per heavy atom. The van der Waals surface area contributed by atoms with Crippen molar-refractivity contribution in [3.63, 3.8) is 0 Å². The monoisotopic (exact) mass is 273 g/mol. The zero-order chi connectivity index (χ0) is 14.5. The number of nitrogens with two attached hydrogens (primary N) is 1. The third-order valence-electron chi connectivity index (χ3n) is 3.40. The van der Waals surface area contributed by atoms with E-state index in [-0.39, 0.29) is 5.82 Å². The molecule has 0 aromatic heterocycles. The highest BCUT2D eigenvalue weighted by Crippen LogP contribution is 2.21. The average molecular weight is 273 g/mol. The van der Waals surface area contributed by atoms with Gasteiger partial charge in [-0.15, -0.1) is 0 Å². The number of ether oxygens (including phenoxy) is 1. The van der Waals surface area contributed by atoms with Crippen molar-refractivity contribution < 1.29 is 9.13 Å². The molecular formula is C17H20FNO. The van der Waals surface area contributed by atoms with Gasteiger partial charge in [0.1, 0.15) is 18.2 Å². The van der Waals surface area contributed by atoms with E-state index in [9.17, 15) is 4.39 Å². The lowest BCUT2D eigenvalue weighted by molar-refractivity contribution is 0.302. The highest BCUT2D eigenvalue weighted by Gasteiger charge is 2.06. The first-order valence-corrected chi connectivity index (χ1v) is 6.77. The second kappa shape index (κ2) is 6.53. The van der Waals surface area contributed by atoms with Crippen LogP contribution in [0.3, 0.4) is 0 Å². The molecule has 3 heteroatoms. The van der Waals surface area contributed by atoms with Crippen molar-refractivity contribution in [3.05, 3.63) is 64.5 Å². The van der Waals surface area contributed by atoms with Crippen LogP contribution in [0.5, 0.6) is 5.75 Å². The van der Waals surface area contributed by atoms with E-state index in [4.69, 9.17) is 10.5 Å². The van der Waals surface area contributed by atoms with Crippen LogP contribution in [0.2, 0.25) is 0 Å². The van der Waals surface area contributed by atoms with Gasteiger partial charge < -0.3 is 10.5 Å². The van der Waals surface area contributed by atoms with Gasteiger partial charge >= 0.3 is 0 Å². The van der Waals surface area contributed by atoms with Crippen molar-refractivity contribution in [2.24, 2.45) is 5.73 Å². The Morgan fingerprint density at radius 1 is 1.05 bits per heavy atom. The molecule has 0 aliphatic rings. The maximum Gasteiger partial charge on any atom is 0.123 e. The average Bonchev–Trinajstić information content (AvgIpc) is 2.42. The van der Waals surface area contributed by atoms with Crippen LogP contribution in [0.15, 0.2) is 36.4 Å². The molecule has 0 radical (unpaired) electrons. The smallest absolute Gasteiger partial charge is 0.123 e. The molecule has 0 spiro atoms. The number of hydrogen-bond donors (Lipinski definition) is 1. The van der Waals surface area contributed by atoms with Gasteiger partial charge in [-0.05, 0) is 67.3 Å². The lowest BCUT2D eigenvalue weighted by atomic mass is 10.1. The predicted molar refractivity (Wildman–Crippen MR) is 79.4 cm³/mol. The summed E-state index contributed by atoms with van der Waals surface area (Å²) in [5.41, 5.74) is 9.98. The third-order valence-corrected chi connectivity index (χ3v) is 3.40. The third kappa shape index (κ3) is 3.58. The Bertz CT molecular complexity index is 596. The van der Waals surface area contributed by atoms with E-state index in [0.29, 0.717) is 25.3 Å². The summed E-state index contributed by atoms with van der Waals surface area (Å²) in [6, 6.07) is 10.8. The molecule has 2 aromatic carbocycles. The van der Waals surface area contributed by atoms with Gasteiger partial charge in [0.2, 0.25) is 0 Å². The second-order valence-corrected chi connectivity index (χ2v) is 5.00. The van der Waals surface area contributed by atoms with Gasteiger partial charge in [-0.3, -0.25) is 0 Å². The first-order valence-electron chi connectivity index (χ1n) is 6.77. The van der Waals surface area contributed by atoms with E-state index in [0.717, 1.165) is 11.1 Å². The number of rotatable bonds is 5. The minimum absolute atomic E-state index is 0.257. The van der Waals surface area contributed by atoms with E-state index in [1.54, 1.807) is 6.07 Å². The van der Waals surface area contributed by atoms with Gasteiger partial charge in [0, 0.05) is 0 Å². The SMILES string of the molecule is Cc1ccc(COc2ccc(F)cc2CCN)cc1C. The van der Waals surface area contributed by atoms with Crippen molar-refractivity contribution in [1.29, 1.82) is 0 Å². The second-order valence-electron chi connectivity index (χ2n) is 5.00. The summed E-state index contributed by atoms with van der Waals surface area (Å²) in [4.78, 5) is 0. The fourth-order valence-corrected chi connectivity index (χ4v) is 2.09. The summed E-state index contributed by atoms with van der Waals surface area (Å²) in [5, 5.41) is 0. The highest BCUT2D eigenvalue weighted by atomic mass is 19.1.